The Labute approximate surface area is 146 Å². The van der Waals surface area contributed by atoms with Crippen molar-refractivity contribution in [3.05, 3.63) is 30.1 Å². The Hall–Kier alpha value is -1.99. The van der Waals surface area contributed by atoms with Crippen molar-refractivity contribution in [2.45, 2.75) is 31.9 Å². The Kier molecular flexibility index (Phi) is 5.65. The quantitative estimate of drug-likeness (QED) is 0.894. The highest BCUT2D eigenvalue weighted by Gasteiger charge is 2.32. The number of hydrogen-bond donors (Lipinski definition) is 1. The Bertz CT molecular complexity index is 626. The zero-order chi connectivity index (χ0) is 17.8. The van der Waals surface area contributed by atoms with Crippen LogP contribution in [0.1, 0.15) is 19.8 Å². The number of halogens is 1. The molecule has 3 rings (SSSR count). The van der Waals surface area contributed by atoms with Gasteiger partial charge in [0, 0.05) is 38.5 Å². The summed E-state index contributed by atoms with van der Waals surface area (Å²) in [5.74, 6) is -0.495. The molecule has 7 heteroatoms. The van der Waals surface area contributed by atoms with Gasteiger partial charge in [-0.1, -0.05) is 6.07 Å². The molecule has 0 aromatic heterocycles. The van der Waals surface area contributed by atoms with Crippen LogP contribution in [0.15, 0.2) is 24.3 Å². The van der Waals surface area contributed by atoms with Gasteiger partial charge in [-0.2, -0.15) is 0 Å². The molecule has 2 fully saturated rings. The maximum absolute atomic E-state index is 13.2. The highest BCUT2D eigenvalue weighted by Crippen LogP contribution is 2.17. The molecule has 2 aliphatic rings. The van der Waals surface area contributed by atoms with E-state index in [-0.39, 0.29) is 29.8 Å². The largest absolute Gasteiger partial charge is 0.368 e. The first kappa shape index (κ1) is 17.8. The fourth-order valence-corrected chi connectivity index (χ4v) is 3.28. The van der Waals surface area contributed by atoms with Gasteiger partial charge in [0.2, 0.25) is 5.91 Å². The van der Waals surface area contributed by atoms with E-state index in [1.165, 1.54) is 12.1 Å². The van der Waals surface area contributed by atoms with E-state index in [1.807, 2.05) is 16.7 Å². The molecule has 1 aromatic rings. The summed E-state index contributed by atoms with van der Waals surface area (Å²) in [4.78, 5) is 28.6. The van der Waals surface area contributed by atoms with Crippen LogP contribution in [0.3, 0.4) is 0 Å². The summed E-state index contributed by atoms with van der Waals surface area (Å²) < 4.78 is 18.7. The molecule has 136 valence electrons. The first-order valence-electron chi connectivity index (χ1n) is 8.75. The molecule has 2 atom stereocenters. The molecule has 2 heterocycles. The van der Waals surface area contributed by atoms with Gasteiger partial charge in [0.05, 0.1) is 6.04 Å². The minimum Gasteiger partial charge on any atom is -0.368 e. The van der Waals surface area contributed by atoms with Gasteiger partial charge in [0.1, 0.15) is 11.9 Å². The number of rotatable bonds is 4. The van der Waals surface area contributed by atoms with Crippen LogP contribution in [-0.4, -0.2) is 66.5 Å². The fraction of sp³-hybridized carbons (Fsp3) is 0.556. The number of ether oxygens (including phenoxy) is 1. The summed E-state index contributed by atoms with van der Waals surface area (Å²) in [6.07, 6.45) is 1.44. The SMILES string of the molecule is C[C@H](C(=O)Nc1cccc(F)c1)N1CCN(C(=O)[C@@H]2CCCO2)CC1. The smallest absolute Gasteiger partial charge is 0.251 e. The number of amides is 2. The number of hydrogen-bond acceptors (Lipinski definition) is 4. The van der Waals surface area contributed by atoms with E-state index in [1.54, 1.807) is 12.1 Å². The molecule has 2 amide bonds. The highest BCUT2D eigenvalue weighted by molar-refractivity contribution is 5.94. The second-order valence-corrected chi connectivity index (χ2v) is 6.54. The molecule has 6 nitrogen and oxygen atoms in total. The first-order valence-corrected chi connectivity index (χ1v) is 8.75. The highest BCUT2D eigenvalue weighted by atomic mass is 19.1. The Morgan fingerprint density at radius 1 is 1.28 bits per heavy atom. The molecule has 1 aromatic carbocycles. The van der Waals surface area contributed by atoms with Gasteiger partial charge in [0.25, 0.3) is 5.91 Å². The molecular formula is C18H24FN3O3. The maximum Gasteiger partial charge on any atom is 0.251 e. The third kappa shape index (κ3) is 4.35. The van der Waals surface area contributed by atoms with Crippen LogP contribution in [0.4, 0.5) is 10.1 Å². The average molecular weight is 349 g/mol. The molecule has 25 heavy (non-hydrogen) atoms. The third-order valence-electron chi connectivity index (χ3n) is 4.85. The maximum atomic E-state index is 13.2. The van der Waals surface area contributed by atoms with Gasteiger partial charge in [-0.15, -0.1) is 0 Å². The van der Waals surface area contributed by atoms with E-state index in [9.17, 15) is 14.0 Å². The van der Waals surface area contributed by atoms with Crippen molar-refractivity contribution in [1.82, 2.24) is 9.80 Å². The second kappa shape index (κ2) is 7.93. The number of anilines is 1. The van der Waals surface area contributed by atoms with E-state index in [0.29, 0.717) is 38.5 Å². The van der Waals surface area contributed by atoms with Gasteiger partial charge in [-0.05, 0) is 38.0 Å². The first-order chi connectivity index (χ1) is 12.0. The molecule has 0 saturated carbocycles. The zero-order valence-corrected chi connectivity index (χ0v) is 14.4. The summed E-state index contributed by atoms with van der Waals surface area (Å²) >= 11 is 0. The number of benzene rings is 1. The number of carbonyl (C=O) groups is 2. The van der Waals surface area contributed by atoms with E-state index in [4.69, 9.17) is 4.74 Å². The number of piperazine rings is 1. The minimum atomic E-state index is -0.383. The summed E-state index contributed by atoms with van der Waals surface area (Å²) in [5, 5.41) is 2.74. The second-order valence-electron chi connectivity index (χ2n) is 6.54. The standard InChI is InChI=1S/C18H24FN3O3/c1-13(17(23)20-15-5-2-4-14(19)12-15)21-7-9-22(10-8-21)18(24)16-6-3-11-25-16/h2,4-5,12-13,16H,3,6-11H2,1H3,(H,20,23)/t13-,16+/m1/s1. The zero-order valence-electron chi connectivity index (χ0n) is 14.4. The lowest BCUT2D eigenvalue weighted by Gasteiger charge is -2.38. The summed E-state index contributed by atoms with van der Waals surface area (Å²) in [5.41, 5.74) is 0.448. The van der Waals surface area contributed by atoms with Crippen molar-refractivity contribution < 1.29 is 18.7 Å². The number of carbonyl (C=O) groups excluding carboxylic acids is 2. The van der Waals surface area contributed by atoms with Crippen molar-refractivity contribution in [2.75, 3.05) is 38.1 Å². The van der Waals surface area contributed by atoms with Crippen LogP contribution < -0.4 is 5.32 Å². The molecule has 1 N–H and O–H groups in total. The monoisotopic (exact) mass is 349 g/mol. The molecule has 0 spiro atoms. The van der Waals surface area contributed by atoms with E-state index in [2.05, 4.69) is 5.32 Å². The van der Waals surface area contributed by atoms with Crippen LogP contribution in [0, 0.1) is 5.82 Å². The summed E-state index contributed by atoms with van der Waals surface area (Å²) in [6.45, 7) is 4.94. The van der Waals surface area contributed by atoms with Crippen LogP contribution in [0.5, 0.6) is 0 Å². The van der Waals surface area contributed by atoms with Crippen molar-refractivity contribution in [2.24, 2.45) is 0 Å². The van der Waals surface area contributed by atoms with E-state index in [0.717, 1.165) is 12.8 Å². The number of nitrogens with zero attached hydrogens (tertiary/aromatic N) is 2. The lowest BCUT2D eigenvalue weighted by Crippen LogP contribution is -2.55. The van der Waals surface area contributed by atoms with Gasteiger partial charge in [-0.3, -0.25) is 14.5 Å². The lowest BCUT2D eigenvalue weighted by molar-refractivity contribution is -0.143. The fourth-order valence-electron chi connectivity index (χ4n) is 3.28. The van der Waals surface area contributed by atoms with E-state index >= 15 is 0 Å². The van der Waals surface area contributed by atoms with Crippen LogP contribution >= 0.6 is 0 Å². The summed E-state index contributed by atoms with van der Waals surface area (Å²) in [6, 6.07) is 5.51. The molecule has 0 bridgehead atoms. The van der Waals surface area contributed by atoms with Crippen molar-refractivity contribution in [1.29, 1.82) is 0 Å². The van der Waals surface area contributed by atoms with Gasteiger partial charge < -0.3 is 15.0 Å². The van der Waals surface area contributed by atoms with Gasteiger partial charge in [0.15, 0.2) is 0 Å². The Morgan fingerprint density at radius 3 is 2.68 bits per heavy atom. The molecule has 0 unspecified atom stereocenters. The predicted molar refractivity (Wildman–Crippen MR) is 91.6 cm³/mol. The number of nitrogens with one attached hydrogen (secondary N) is 1. The molecule has 2 saturated heterocycles. The summed E-state index contributed by atoms with van der Waals surface area (Å²) in [7, 11) is 0. The average Bonchev–Trinajstić information content (AvgIpc) is 3.15. The third-order valence-corrected chi connectivity index (χ3v) is 4.85. The molecule has 2 aliphatic heterocycles. The topological polar surface area (TPSA) is 61.9 Å². The lowest BCUT2D eigenvalue weighted by atomic mass is 10.1. The normalized spacial score (nSPS) is 22.6. The van der Waals surface area contributed by atoms with E-state index < -0.39 is 0 Å². The van der Waals surface area contributed by atoms with Crippen molar-refractivity contribution >= 4 is 17.5 Å². The van der Waals surface area contributed by atoms with Crippen LogP contribution in [0.25, 0.3) is 0 Å². The van der Waals surface area contributed by atoms with Gasteiger partial charge in [-0.25, -0.2) is 4.39 Å². The molecular weight excluding hydrogens is 325 g/mol. The minimum absolute atomic E-state index is 0.0639. The van der Waals surface area contributed by atoms with Crippen LogP contribution in [0.2, 0.25) is 0 Å². The Balaban J connectivity index is 1.49. The predicted octanol–water partition coefficient (Wildman–Crippen LogP) is 1.48. The molecule has 0 radical (unpaired) electrons. The van der Waals surface area contributed by atoms with Crippen molar-refractivity contribution in [3.63, 3.8) is 0 Å². The van der Waals surface area contributed by atoms with Crippen molar-refractivity contribution in [3.8, 4) is 0 Å². The molecule has 0 aliphatic carbocycles. The van der Waals surface area contributed by atoms with Gasteiger partial charge >= 0.3 is 0 Å². The Morgan fingerprint density at radius 2 is 2.04 bits per heavy atom. The van der Waals surface area contributed by atoms with Crippen LogP contribution in [-0.2, 0) is 14.3 Å².